The first-order chi connectivity index (χ1) is 7.99. The third kappa shape index (κ3) is 2.61. The van der Waals surface area contributed by atoms with Crippen LogP contribution in [-0.2, 0) is 4.74 Å². The van der Waals surface area contributed by atoms with Crippen LogP contribution in [0.25, 0.3) is 0 Å². The normalized spacial score (nSPS) is 26.2. The monoisotopic (exact) mass is 260 g/mol. The van der Waals surface area contributed by atoms with Gasteiger partial charge >= 0.3 is 0 Å². The second kappa shape index (κ2) is 4.91. The Labute approximate surface area is 105 Å². The molecule has 17 heavy (non-hydrogen) atoms. The maximum absolute atomic E-state index is 13.7. The molecule has 0 spiro atoms. The fraction of sp³-hybridized carbons (Fsp3) is 0.538. The number of hydrogen-bond donors (Lipinski definition) is 0. The highest BCUT2D eigenvalue weighted by Crippen LogP contribution is 2.36. The highest BCUT2D eigenvalue weighted by molar-refractivity contribution is 6.21. The van der Waals surface area contributed by atoms with Crippen molar-refractivity contribution in [3.8, 4) is 0 Å². The molecule has 94 valence electrons. The molecule has 1 saturated heterocycles. The molecule has 0 N–H and O–H groups in total. The van der Waals surface area contributed by atoms with Crippen molar-refractivity contribution in [1.82, 2.24) is 0 Å². The summed E-state index contributed by atoms with van der Waals surface area (Å²) in [5, 5.41) is -0.556. The molecule has 1 heterocycles. The van der Waals surface area contributed by atoms with Crippen molar-refractivity contribution in [2.45, 2.75) is 44.3 Å². The first kappa shape index (κ1) is 12.8. The standard InChI is InChI=1S/C13H15ClF2O/c1-7-5-9(11(16)6-10(7)15)13(14)12-4-3-8(2)17-12/h5-6,8,12-13H,3-4H2,1-2H3. The molecule has 4 heteroatoms. The third-order valence-corrected chi connectivity index (χ3v) is 3.68. The minimum Gasteiger partial charge on any atom is -0.373 e. The first-order valence-corrected chi connectivity index (χ1v) is 6.17. The van der Waals surface area contributed by atoms with Crippen molar-refractivity contribution >= 4 is 11.6 Å². The van der Waals surface area contributed by atoms with Crippen LogP contribution in [0.15, 0.2) is 12.1 Å². The zero-order chi connectivity index (χ0) is 12.6. The maximum Gasteiger partial charge on any atom is 0.130 e. The molecule has 3 unspecified atom stereocenters. The number of hydrogen-bond acceptors (Lipinski definition) is 1. The summed E-state index contributed by atoms with van der Waals surface area (Å²) in [4.78, 5) is 0. The van der Waals surface area contributed by atoms with Crippen LogP contribution >= 0.6 is 11.6 Å². The van der Waals surface area contributed by atoms with E-state index in [9.17, 15) is 8.78 Å². The van der Waals surface area contributed by atoms with Gasteiger partial charge in [0.25, 0.3) is 0 Å². The van der Waals surface area contributed by atoms with Crippen LogP contribution in [0.1, 0.15) is 36.3 Å². The van der Waals surface area contributed by atoms with Crippen LogP contribution in [0.4, 0.5) is 8.78 Å². The lowest BCUT2D eigenvalue weighted by molar-refractivity contribution is 0.0528. The molecule has 0 aromatic heterocycles. The van der Waals surface area contributed by atoms with E-state index in [-0.39, 0.29) is 12.2 Å². The number of benzene rings is 1. The van der Waals surface area contributed by atoms with Gasteiger partial charge in [-0.25, -0.2) is 8.78 Å². The van der Waals surface area contributed by atoms with Crippen LogP contribution in [0, 0.1) is 18.6 Å². The molecule has 1 aromatic rings. The molecule has 0 amide bonds. The second-order valence-corrected chi connectivity index (χ2v) is 5.06. The molecule has 1 aliphatic rings. The topological polar surface area (TPSA) is 9.23 Å². The average molecular weight is 261 g/mol. The van der Waals surface area contributed by atoms with Crippen LogP contribution in [0.5, 0.6) is 0 Å². The third-order valence-electron chi connectivity index (χ3n) is 3.17. The van der Waals surface area contributed by atoms with Crippen LogP contribution < -0.4 is 0 Å². The Morgan fingerprint density at radius 2 is 2.00 bits per heavy atom. The molecule has 0 aliphatic carbocycles. The van der Waals surface area contributed by atoms with E-state index in [1.807, 2.05) is 6.92 Å². The molecule has 0 saturated carbocycles. The number of halogens is 3. The predicted molar refractivity (Wildman–Crippen MR) is 63.3 cm³/mol. The number of rotatable bonds is 2. The van der Waals surface area contributed by atoms with Crippen LogP contribution in [0.2, 0.25) is 0 Å². The summed E-state index contributed by atoms with van der Waals surface area (Å²) in [6.07, 6.45) is 1.71. The van der Waals surface area contributed by atoms with Crippen LogP contribution in [-0.4, -0.2) is 12.2 Å². The largest absolute Gasteiger partial charge is 0.373 e. The number of ether oxygens (including phenoxy) is 1. The van der Waals surface area contributed by atoms with Gasteiger partial charge in [-0.1, -0.05) is 0 Å². The van der Waals surface area contributed by atoms with E-state index in [1.165, 1.54) is 6.07 Å². The Kier molecular flexibility index (Phi) is 3.69. The number of aryl methyl sites for hydroxylation is 1. The van der Waals surface area contributed by atoms with Crippen molar-refractivity contribution in [1.29, 1.82) is 0 Å². The highest BCUT2D eigenvalue weighted by atomic mass is 35.5. The SMILES string of the molecule is Cc1cc(C(Cl)C2CCC(C)O2)c(F)cc1F. The molecule has 1 nitrogen and oxygen atoms in total. The van der Waals surface area contributed by atoms with Crippen molar-refractivity contribution in [2.24, 2.45) is 0 Å². The minimum atomic E-state index is -0.601. The summed E-state index contributed by atoms with van der Waals surface area (Å²) in [6.45, 7) is 3.57. The van der Waals surface area contributed by atoms with Crippen molar-refractivity contribution in [3.05, 3.63) is 34.9 Å². The fourth-order valence-electron chi connectivity index (χ4n) is 2.14. The smallest absolute Gasteiger partial charge is 0.130 e. The summed E-state index contributed by atoms with van der Waals surface area (Å²) >= 11 is 6.22. The van der Waals surface area contributed by atoms with Gasteiger partial charge in [0.1, 0.15) is 11.6 Å². The maximum atomic E-state index is 13.7. The van der Waals surface area contributed by atoms with E-state index in [0.717, 1.165) is 18.9 Å². The fourth-order valence-corrected chi connectivity index (χ4v) is 2.49. The first-order valence-electron chi connectivity index (χ1n) is 5.74. The number of alkyl halides is 1. The Hall–Kier alpha value is -0.670. The molecule has 0 bridgehead atoms. The lowest BCUT2D eigenvalue weighted by Gasteiger charge is -2.19. The molecule has 1 aromatic carbocycles. The van der Waals surface area contributed by atoms with Gasteiger partial charge in [0.2, 0.25) is 0 Å². The molecule has 3 atom stereocenters. The van der Waals surface area contributed by atoms with Gasteiger partial charge < -0.3 is 4.74 Å². The Morgan fingerprint density at radius 3 is 2.59 bits per heavy atom. The molecule has 2 rings (SSSR count). The van der Waals surface area contributed by atoms with Crippen molar-refractivity contribution < 1.29 is 13.5 Å². The molecular weight excluding hydrogens is 246 g/mol. The molecular formula is C13H15ClF2O. The van der Waals surface area contributed by atoms with Gasteiger partial charge in [0.05, 0.1) is 17.6 Å². The van der Waals surface area contributed by atoms with E-state index in [4.69, 9.17) is 16.3 Å². The Bertz CT molecular complexity index is 422. The summed E-state index contributed by atoms with van der Waals surface area (Å²) < 4.78 is 32.4. The summed E-state index contributed by atoms with van der Waals surface area (Å²) in [6, 6.07) is 2.35. The zero-order valence-corrected chi connectivity index (χ0v) is 10.6. The van der Waals surface area contributed by atoms with Gasteiger partial charge in [-0.15, -0.1) is 11.6 Å². The summed E-state index contributed by atoms with van der Waals surface area (Å²) in [7, 11) is 0. The quantitative estimate of drug-likeness (QED) is 0.727. The van der Waals surface area contributed by atoms with Gasteiger partial charge in [0, 0.05) is 11.6 Å². The molecule has 1 fully saturated rings. The minimum absolute atomic E-state index is 0.158. The lowest BCUT2D eigenvalue weighted by Crippen LogP contribution is -2.16. The molecule has 1 aliphatic heterocycles. The van der Waals surface area contributed by atoms with Crippen LogP contribution in [0.3, 0.4) is 0 Å². The van der Waals surface area contributed by atoms with E-state index < -0.39 is 17.0 Å². The predicted octanol–water partition coefficient (Wildman–Crippen LogP) is 4.12. The van der Waals surface area contributed by atoms with Crippen molar-refractivity contribution in [3.63, 3.8) is 0 Å². The average Bonchev–Trinajstić information content (AvgIpc) is 2.69. The van der Waals surface area contributed by atoms with Gasteiger partial charge in [0.15, 0.2) is 0 Å². The summed E-state index contributed by atoms with van der Waals surface area (Å²) in [5.74, 6) is -1.15. The summed E-state index contributed by atoms with van der Waals surface area (Å²) in [5.41, 5.74) is 0.725. The van der Waals surface area contributed by atoms with E-state index in [1.54, 1.807) is 6.92 Å². The Morgan fingerprint density at radius 1 is 1.29 bits per heavy atom. The highest BCUT2D eigenvalue weighted by Gasteiger charge is 2.31. The molecule has 0 radical (unpaired) electrons. The van der Waals surface area contributed by atoms with Gasteiger partial charge in [-0.2, -0.15) is 0 Å². The van der Waals surface area contributed by atoms with Gasteiger partial charge in [-0.3, -0.25) is 0 Å². The zero-order valence-electron chi connectivity index (χ0n) is 9.84. The van der Waals surface area contributed by atoms with E-state index in [0.29, 0.717) is 11.1 Å². The lowest BCUT2D eigenvalue weighted by atomic mass is 10.0. The Balaban J connectivity index is 2.24. The second-order valence-electron chi connectivity index (χ2n) is 4.59. The van der Waals surface area contributed by atoms with Crippen molar-refractivity contribution in [2.75, 3.05) is 0 Å². The van der Waals surface area contributed by atoms with Gasteiger partial charge in [-0.05, 0) is 38.3 Å². The van der Waals surface area contributed by atoms with E-state index in [2.05, 4.69) is 0 Å². The van der Waals surface area contributed by atoms with E-state index >= 15 is 0 Å².